The van der Waals surface area contributed by atoms with Crippen LogP contribution < -0.4 is 10.2 Å². The fourth-order valence-corrected chi connectivity index (χ4v) is 3.43. The van der Waals surface area contributed by atoms with Crippen LogP contribution in [-0.4, -0.2) is 22.8 Å². The van der Waals surface area contributed by atoms with Gasteiger partial charge in [-0.15, -0.1) is 0 Å². The number of fused-ring (bicyclic) bond motifs is 1. The van der Waals surface area contributed by atoms with E-state index in [1.165, 1.54) is 36.5 Å². The minimum atomic E-state index is -0.462. The number of nitrogens with zero attached hydrogens (tertiary/aromatic N) is 2. The average molecular weight is 375 g/mol. The first-order valence-corrected chi connectivity index (χ1v) is 8.97. The number of hydrogen-bond donors (Lipinski definition) is 1. The molecule has 0 radical (unpaired) electrons. The summed E-state index contributed by atoms with van der Waals surface area (Å²) in [4.78, 5) is 31.4. The predicted octanol–water partition coefficient (Wildman–Crippen LogP) is 4.06. The SMILES string of the molecule is CC1Cc2ccccc2N1C(=O)c1ccnc(C(=O)Nc2ccc(F)cc2)c1. The van der Waals surface area contributed by atoms with Crippen LogP contribution in [-0.2, 0) is 6.42 Å². The zero-order chi connectivity index (χ0) is 19.7. The highest BCUT2D eigenvalue weighted by atomic mass is 19.1. The van der Waals surface area contributed by atoms with Gasteiger partial charge in [-0.1, -0.05) is 18.2 Å². The summed E-state index contributed by atoms with van der Waals surface area (Å²) < 4.78 is 13.0. The summed E-state index contributed by atoms with van der Waals surface area (Å²) >= 11 is 0. The van der Waals surface area contributed by atoms with Gasteiger partial charge < -0.3 is 10.2 Å². The van der Waals surface area contributed by atoms with Crippen molar-refractivity contribution in [2.75, 3.05) is 10.2 Å². The van der Waals surface area contributed by atoms with E-state index in [9.17, 15) is 14.0 Å². The normalized spacial score (nSPS) is 15.2. The summed E-state index contributed by atoms with van der Waals surface area (Å²) in [5.41, 5.74) is 2.99. The van der Waals surface area contributed by atoms with E-state index < -0.39 is 5.91 Å². The molecule has 1 N–H and O–H groups in total. The van der Waals surface area contributed by atoms with Gasteiger partial charge in [0.2, 0.25) is 0 Å². The Labute approximate surface area is 161 Å². The van der Waals surface area contributed by atoms with Gasteiger partial charge in [-0.2, -0.15) is 0 Å². The standard InChI is InChI=1S/C22H18FN3O2/c1-14-12-15-4-2-3-5-20(15)26(14)22(28)16-10-11-24-19(13-16)21(27)25-18-8-6-17(23)7-9-18/h2-11,13-14H,12H2,1H3,(H,25,27). The molecule has 0 saturated carbocycles. The molecule has 140 valence electrons. The first-order valence-electron chi connectivity index (χ1n) is 8.97. The number of pyridine rings is 1. The second-order valence-electron chi connectivity index (χ2n) is 6.75. The van der Waals surface area contributed by atoms with Crippen LogP contribution in [0.2, 0.25) is 0 Å². The van der Waals surface area contributed by atoms with Crippen molar-refractivity contribution in [2.45, 2.75) is 19.4 Å². The summed E-state index contributed by atoms with van der Waals surface area (Å²) in [6.45, 7) is 2.00. The molecule has 1 atom stereocenters. The highest BCUT2D eigenvalue weighted by molar-refractivity contribution is 6.10. The third-order valence-electron chi connectivity index (χ3n) is 4.77. The van der Waals surface area contributed by atoms with E-state index in [1.807, 2.05) is 31.2 Å². The lowest BCUT2D eigenvalue weighted by molar-refractivity contribution is 0.0981. The molecule has 3 aromatic rings. The zero-order valence-electron chi connectivity index (χ0n) is 15.2. The number of halogens is 1. The molecule has 0 fully saturated rings. The van der Waals surface area contributed by atoms with Crippen LogP contribution in [0.4, 0.5) is 15.8 Å². The second kappa shape index (κ2) is 7.23. The topological polar surface area (TPSA) is 62.3 Å². The molecule has 2 heterocycles. The number of nitrogens with one attached hydrogen (secondary N) is 1. The molecule has 28 heavy (non-hydrogen) atoms. The van der Waals surface area contributed by atoms with Crippen LogP contribution in [0.3, 0.4) is 0 Å². The highest BCUT2D eigenvalue weighted by Gasteiger charge is 2.31. The molecule has 1 aromatic heterocycles. The monoisotopic (exact) mass is 375 g/mol. The Morgan fingerprint density at radius 1 is 1.11 bits per heavy atom. The predicted molar refractivity (Wildman–Crippen MR) is 105 cm³/mol. The first kappa shape index (κ1) is 17.9. The summed E-state index contributed by atoms with van der Waals surface area (Å²) in [5.74, 6) is -1.02. The average Bonchev–Trinajstić information content (AvgIpc) is 3.05. The van der Waals surface area contributed by atoms with Gasteiger partial charge in [0.05, 0.1) is 0 Å². The van der Waals surface area contributed by atoms with E-state index in [0.717, 1.165) is 17.7 Å². The van der Waals surface area contributed by atoms with Crippen LogP contribution in [0.1, 0.15) is 33.3 Å². The van der Waals surface area contributed by atoms with Crippen molar-refractivity contribution >= 4 is 23.2 Å². The molecule has 1 aliphatic heterocycles. The summed E-state index contributed by atoms with van der Waals surface area (Å²) in [6.07, 6.45) is 2.24. The Hall–Kier alpha value is -3.54. The van der Waals surface area contributed by atoms with Crippen molar-refractivity contribution in [1.29, 1.82) is 0 Å². The Morgan fingerprint density at radius 3 is 2.64 bits per heavy atom. The Bertz CT molecular complexity index is 1050. The molecular formula is C22H18FN3O2. The molecule has 2 amide bonds. The maximum absolute atomic E-state index is 13.1. The minimum Gasteiger partial charge on any atom is -0.321 e. The smallest absolute Gasteiger partial charge is 0.274 e. The largest absolute Gasteiger partial charge is 0.321 e. The van der Waals surface area contributed by atoms with Crippen molar-refractivity contribution in [2.24, 2.45) is 0 Å². The number of para-hydroxylation sites is 1. The van der Waals surface area contributed by atoms with Crippen molar-refractivity contribution in [3.05, 3.63) is 89.5 Å². The van der Waals surface area contributed by atoms with Crippen molar-refractivity contribution in [3.63, 3.8) is 0 Å². The van der Waals surface area contributed by atoms with Crippen molar-refractivity contribution < 1.29 is 14.0 Å². The number of aromatic nitrogens is 1. The number of carbonyl (C=O) groups excluding carboxylic acids is 2. The molecule has 5 nitrogen and oxygen atoms in total. The Balaban J connectivity index is 1.57. The van der Waals surface area contributed by atoms with E-state index in [-0.39, 0.29) is 23.5 Å². The summed E-state index contributed by atoms with van der Waals surface area (Å²) in [6, 6.07) is 16.4. The Kier molecular flexibility index (Phi) is 4.61. The van der Waals surface area contributed by atoms with Gasteiger partial charge in [0.25, 0.3) is 11.8 Å². The third-order valence-corrected chi connectivity index (χ3v) is 4.77. The number of amides is 2. The number of benzene rings is 2. The third kappa shape index (κ3) is 3.36. The molecule has 0 saturated heterocycles. The van der Waals surface area contributed by atoms with Gasteiger partial charge in [0, 0.05) is 29.2 Å². The van der Waals surface area contributed by atoms with E-state index >= 15 is 0 Å². The van der Waals surface area contributed by atoms with Gasteiger partial charge in [-0.25, -0.2) is 4.39 Å². The van der Waals surface area contributed by atoms with Crippen LogP contribution in [0, 0.1) is 5.82 Å². The van der Waals surface area contributed by atoms with Crippen LogP contribution in [0.5, 0.6) is 0 Å². The van der Waals surface area contributed by atoms with Gasteiger partial charge in [-0.3, -0.25) is 14.6 Å². The van der Waals surface area contributed by atoms with Gasteiger partial charge in [-0.05, 0) is 61.4 Å². The molecule has 6 heteroatoms. The minimum absolute atomic E-state index is 0.0366. The lowest BCUT2D eigenvalue weighted by atomic mass is 10.1. The molecular weight excluding hydrogens is 357 g/mol. The van der Waals surface area contributed by atoms with Crippen LogP contribution >= 0.6 is 0 Å². The second-order valence-corrected chi connectivity index (χ2v) is 6.75. The molecule has 0 aliphatic carbocycles. The maximum Gasteiger partial charge on any atom is 0.274 e. The number of carbonyl (C=O) groups is 2. The zero-order valence-corrected chi connectivity index (χ0v) is 15.2. The van der Waals surface area contributed by atoms with E-state index in [1.54, 1.807) is 11.0 Å². The number of rotatable bonds is 3. The van der Waals surface area contributed by atoms with Crippen LogP contribution in [0.15, 0.2) is 66.9 Å². The fraction of sp³-hybridized carbons (Fsp3) is 0.136. The Morgan fingerprint density at radius 2 is 1.86 bits per heavy atom. The molecule has 4 rings (SSSR count). The fourth-order valence-electron chi connectivity index (χ4n) is 3.43. The highest BCUT2D eigenvalue weighted by Crippen LogP contribution is 2.33. The quantitative estimate of drug-likeness (QED) is 0.751. The maximum atomic E-state index is 13.1. The van der Waals surface area contributed by atoms with E-state index in [4.69, 9.17) is 0 Å². The number of hydrogen-bond acceptors (Lipinski definition) is 3. The molecule has 0 bridgehead atoms. The van der Waals surface area contributed by atoms with Gasteiger partial charge in [0.15, 0.2) is 0 Å². The van der Waals surface area contributed by atoms with E-state index in [0.29, 0.717) is 11.3 Å². The van der Waals surface area contributed by atoms with Crippen LogP contribution in [0.25, 0.3) is 0 Å². The lowest BCUT2D eigenvalue weighted by Gasteiger charge is -2.23. The summed E-state index contributed by atoms with van der Waals surface area (Å²) in [7, 11) is 0. The molecule has 1 unspecified atom stereocenters. The lowest BCUT2D eigenvalue weighted by Crippen LogP contribution is -2.35. The molecule has 2 aromatic carbocycles. The van der Waals surface area contributed by atoms with Gasteiger partial charge in [0.1, 0.15) is 11.5 Å². The van der Waals surface area contributed by atoms with E-state index in [2.05, 4.69) is 10.3 Å². The number of anilines is 2. The van der Waals surface area contributed by atoms with Crippen molar-refractivity contribution in [3.8, 4) is 0 Å². The van der Waals surface area contributed by atoms with Crippen molar-refractivity contribution in [1.82, 2.24) is 4.98 Å². The summed E-state index contributed by atoms with van der Waals surface area (Å²) in [5, 5.41) is 2.65. The first-order chi connectivity index (χ1) is 13.5. The van der Waals surface area contributed by atoms with Gasteiger partial charge >= 0.3 is 0 Å². The molecule has 1 aliphatic rings. The molecule has 0 spiro atoms.